The summed E-state index contributed by atoms with van der Waals surface area (Å²) in [6.45, 7) is 1.76. The highest BCUT2D eigenvalue weighted by Gasteiger charge is 2.03. The lowest BCUT2D eigenvalue weighted by molar-refractivity contribution is 0.499. The Kier molecular flexibility index (Phi) is 4.13. The highest BCUT2D eigenvalue weighted by molar-refractivity contribution is 5.77. The molecular weight excluding hydrogens is 298 g/mol. The molecule has 0 unspecified atom stereocenters. The average molecular weight is 317 g/mol. The maximum absolute atomic E-state index is 5.33. The Morgan fingerprint density at radius 1 is 0.958 bits per heavy atom. The molecule has 0 bridgehead atoms. The van der Waals surface area contributed by atoms with Gasteiger partial charge in [-0.1, -0.05) is 24.3 Å². The summed E-state index contributed by atoms with van der Waals surface area (Å²) in [5.74, 6) is 1.02. The quantitative estimate of drug-likeness (QED) is 0.548. The van der Waals surface area contributed by atoms with E-state index in [2.05, 4.69) is 45.2 Å². The van der Waals surface area contributed by atoms with Gasteiger partial charge in [-0.25, -0.2) is 4.98 Å². The minimum absolute atomic E-state index is 0.853. The Bertz CT molecular complexity index is 908. The third-order valence-electron chi connectivity index (χ3n) is 4.13. The predicted molar refractivity (Wildman–Crippen MR) is 95.2 cm³/mol. The van der Waals surface area contributed by atoms with Crippen molar-refractivity contribution in [2.75, 3.05) is 6.54 Å². The van der Waals surface area contributed by atoms with Crippen LogP contribution in [0.4, 0.5) is 0 Å². The van der Waals surface area contributed by atoms with Crippen LogP contribution in [0.5, 0.6) is 0 Å². The Labute approximate surface area is 140 Å². The van der Waals surface area contributed by atoms with E-state index >= 15 is 0 Å². The third-order valence-corrected chi connectivity index (χ3v) is 4.13. The molecule has 0 aliphatic carbocycles. The van der Waals surface area contributed by atoms with E-state index in [1.54, 1.807) is 6.26 Å². The molecule has 0 aliphatic rings. The summed E-state index contributed by atoms with van der Waals surface area (Å²) in [6.07, 6.45) is 4.50. The third kappa shape index (κ3) is 3.09. The van der Waals surface area contributed by atoms with Gasteiger partial charge in [-0.05, 0) is 42.0 Å². The minimum atomic E-state index is 0.853. The van der Waals surface area contributed by atoms with Gasteiger partial charge in [0.25, 0.3) is 0 Å². The van der Waals surface area contributed by atoms with Crippen molar-refractivity contribution in [2.24, 2.45) is 0 Å². The molecule has 4 nitrogen and oxygen atoms in total. The fourth-order valence-electron chi connectivity index (χ4n) is 2.84. The fraction of sp³-hybridized carbons (Fsp3) is 0.150. The van der Waals surface area contributed by atoms with E-state index in [0.29, 0.717) is 0 Å². The zero-order chi connectivity index (χ0) is 16.2. The maximum atomic E-state index is 5.33. The molecule has 0 aliphatic heterocycles. The van der Waals surface area contributed by atoms with E-state index in [1.807, 2.05) is 36.7 Å². The van der Waals surface area contributed by atoms with Gasteiger partial charge in [0.2, 0.25) is 0 Å². The molecule has 0 atom stereocenters. The second-order valence-corrected chi connectivity index (χ2v) is 5.78. The number of imidazole rings is 1. The Morgan fingerprint density at radius 2 is 1.83 bits per heavy atom. The molecule has 0 spiro atoms. The molecule has 4 rings (SSSR count). The van der Waals surface area contributed by atoms with Crippen LogP contribution in [-0.4, -0.2) is 16.1 Å². The van der Waals surface area contributed by atoms with E-state index in [1.165, 1.54) is 5.56 Å². The van der Waals surface area contributed by atoms with Crippen molar-refractivity contribution >= 4 is 11.0 Å². The first-order valence-electron chi connectivity index (χ1n) is 8.15. The number of aromatic nitrogens is 2. The maximum Gasteiger partial charge on any atom is 0.105 e. The van der Waals surface area contributed by atoms with Crippen LogP contribution in [0.3, 0.4) is 0 Å². The zero-order valence-corrected chi connectivity index (χ0v) is 13.4. The molecule has 2 aromatic heterocycles. The van der Waals surface area contributed by atoms with Crippen LogP contribution >= 0.6 is 0 Å². The van der Waals surface area contributed by atoms with E-state index in [4.69, 9.17) is 4.42 Å². The number of para-hydroxylation sites is 2. The fourth-order valence-corrected chi connectivity index (χ4v) is 2.84. The van der Waals surface area contributed by atoms with Gasteiger partial charge in [0.05, 0.1) is 17.3 Å². The van der Waals surface area contributed by atoms with Crippen molar-refractivity contribution in [1.82, 2.24) is 14.9 Å². The largest absolute Gasteiger partial charge is 0.469 e. The zero-order valence-electron chi connectivity index (χ0n) is 13.4. The number of nitrogens with zero attached hydrogens (tertiary/aromatic N) is 2. The molecule has 2 aromatic carbocycles. The SMILES string of the molecule is c1coc(CCNCc2ccc(-n3cnc4ccccc43)cc2)c1. The molecule has 0 saturated heterocycles. The molecule has 1 N–H and O–H groups in total. The van der Waals surface area contributed by atoms with Gasteiger partial charge in [0.1, 0.15) is 12.1 Å². The first-order chi connectivity index (χ1) is 11.9. The Hall–Kier alpha value is -2.85. The number of hydrogen-bond acceptors (Lipinski definition) is 3. The number of benzene rings is 2. The van der Waals surface area contributed by atoms with Gasteiger partial charge in [0, 0.05) is 25.2 Å². The summed E-state index contributed by atoms with van der Waals surface area (Å²) in [4.78, 5) is 4.44. The lowest BCUT2D eigenvalue weighted by Crippen LogP contribution is -2.16. The molecular formula is C20H19N3O. The van der Waals surface area contributed by atoms with Gasteiger partial charge < -0.3 is 9.73 Å². The Balaban J connectivity index is 1.39. The van der Waals surface area contributed by atoms with Gasteiger partial charge in [-0.2, -0.15) is 0 Å². The summed E-state index contributed by atoms with van der Waals surface area (Å²) < 4.78 is 7.44. The van der Waals surface area contributed by atoms with Gasteiger partial charge in [-0.3, -0.25) is 4.57 Å². The van der Waals surface area contributed by atoms with E-state index in [9.17, 15) is 0 Å². The van der Waals surface area contributed by atoms with Crippen LogP contribution < -0.4 is 5.32 Å². The summed E-state index contributed by atoms with van der Waals surface area (Å²) in [5.41, 5.74) is 4.54. The summed E-state index contributed by atoms with van der Waals surface area (Å²) in [7, 11) is 0. The number of furan rings is 1. The Morgan fingerprint density at radius 3 is 2.67 bits per heavy atom. The van der Waals surface area contributed by atoms with Crippen molar-refractivity contribution < 1.29 is 4.42 Å². The molecule has 0 amide bonds. The van der Waals surface area contributed by atoms with E-state index in [0.717, 1.165) is 42.0 Å². The minimum Gasteiger partial charge on any atom is -0.469 e. The molecule has 4 heteroatoms. The summed E-state index contributed by atoms with van der Waals surface area (Å²) in [6, 6.07) is 20.7. The topological polar surface area (TPSA) is 43.0 Å². The highest BCUT2D eigenvalue weighted by atomic mass is 16.3. The first kappa shape index (κ1) is 14.7. The van der Waals surface area contributed by atoms with Crippen LogP contribution in [0.15, 0.2) is 77.7 Å². The van der Waals surface area contributed by atoms with Crippen LogP contribution in [0.25, 0.3) is 16.7 Å². The molecule has 0 fully saturated rings. The average Bonchev–Trinajstić information content (AvgIpc) is 3.29. The normalized spacial score (nSPS) is 11.2. The van der Waals surface area contributed by atoms with Crippen LogP contribution in [0, 0.1) is 0 Å². The van der Waals surface area contributed by atoms with E-state index < -0.39 is 0 Å². The van der Waals surface area contributed by atoms with Gasteiger partial charge >= 0.3 is 0 Å². The van der Waals surface area contributed by atoms with Crippen molar-refractivity contribution in [3.63, 3.8) is 0 Å². The lowest BCUT2D eigenvalue weighted by atomic mass is 10.2. The standard InChI is InChI=1S/C20H19N3O/c1-2-6-20-19(5-1)22-15-23(20)17-9-7-16(8-10-17)14-21-12-11-18-4-3-13-24-18/h1-10,13,15,21H,11-12,14H2. The van der Waals surface area contributed by atoms with Crippen LogP contribution in [0.1, 0.15) is 11.3 Å². The molecule has 0 saturated carbocycles. The van der Waals surface area contributed by atoms with Crippen LogP contribution in [0.2, 0.25) is 0 Å². The molecule has 120 valence electrons. The smallest absolute Gasteiger partial charge is 0.105 e. The summed E-state index contributed by atoms with van der Waals surface area (Å²) in [5, 5.41) is 3.44. The molecule has 24 heavy (non-hydrogen) atoms. The number of nitrogens with one attached hydrogen (secondary N) is 1. The van der Waals surface area contributed by atoms with E-state index in [-0.39, 0.29) is 0 Å². The van der Waals surface area contributed by atoms with Crippen molar-refractivity contribution in [3.05, 3.63) is 84.6 Å². The highest BCUT2D eigenvalue weighted by Crippen LogP contribution is 2.18. The first-order valence-corrected chi connectivity index (χ1v) is 8.15. The monoisotopic (exact) mass is 317 g/mol. The molecule has 2 heterocycles. The van der Waals surface area contributed by atoms with Gasteiger partial charge in [0.15, 0.2) is 0 Å². The summed E-state index contributed by atoms with van der Waals surface area (Å²) >= 11 is 0. The number of hydrogen-bond donors (Lipinski definition) is 1. The second-order valence-electron chi connectivity index (χ2n) is 5.78. The van der Waals surface area contributed by atoms with Crippen molar-refractivity contribution in [2.45, 2.75) is 13.0 Å². The lowest BCUT2D eigenvalue weighted by Gasteiger charge is -2.07. The second kappa shape index (κ2) is 6.72. The molecule has 0 radical (unpaired) electrons. The van der Waals surface area contributed by atoms with Crippen LogP contribution in [-0.2, 0) is 13.0 Å². The molecule has 4 aromatic rings. The number of rotatable bonds is 6. The predicted octanol–water partition coefficient (Wildman–Crippen LogP) is 3.95. The number of fused-ring (bicyclic) bond motifs is 1. The van der Waals surface area contributed by atoms with Crippen molar-refractivity contribution in [1.29, 1.82) is 0 Å². The van der Waals surface area contributed by atoms with Crippen molar-refractivity contribution in [3.8, 4) is 5.69 Å². The van der Waals surface area contributed by atoms with Gasteiger partial charge in [-0.15, -0.1) is 0 Å².